The SMILES string of the molecule is COC(=O)c1ccc(C(=O)N2CCO[C@@H](CN(C)C)[C@@H]2c2ccccc2)cc1. The third-order valence-corrected chi connectivity index (χ3v) is 4.85. The Morgan fingerprint density at radius 3 is 2.32 bits per heavy atom. The van der Waals surface area contributed by atoms with Crippen LogP contribution in [0.3, 0.4) is 0 Å². The summed E-state index contributed by atoms with van der Waals surface area (Å²) in [5.74, 6) is -0.490. The Morgan fingerprint density at radius 2 is 1.71 bits per heavy atom. The van der Waals surface area contributed by atoms with E-state index in [-0.39, 0.29) is 18.1 Å². The second kappa shape index (κ2) is 8.99. The fraction of sp³-hybridized carbons (Fsp3) is 0.364. The van der Waals surface area contributed by atoms with E-state index in [1.807, 2.05) is 49.3 Å². The first-order valence-electron chi connectivity index (χ1n) is 9.32. The molecule has 0 radical (unpaired) electrons. The molecule has 1 fully saturated rings. The van der Waals surface area contributed by atoms with Crippen LogP contribution in [0.25, 0.3) is 0 Å². The van der Waals surface area contributed by atoms with Gasteiger partial charge in [0.2, 0.25) is 0 Å². The summed E-state index contributed by atoms with van der Waals surface area (Å²) >= 11 is 0. The Morgan fingerprint density at radius 1 is 1.07 bits per heavy atom. The summed E-state index contributed by atoms with van der Waals surface area (Å²) in [6.45, 7) is 1.72. The number of likely N-dealkylation sites (N-methyl/N-ethyl adjacent to an activating group) is 1. The van der Waals surface area contributed by atoms with Gasteiger partial charge in [-0.25, -0.2) is 4.79 Å². The molecule has 1 aliphatic rings. The van der Waals surface area contributed by atoms with Crippen molar-refractivity contribution < 1.29 is 19.1 Å². The fourth-order valence-electron chi connectivity index (χ4n) is 3.55. The summed E-state index contributed by atoms with van der Waals surface area (Å²) in [6, 6.07) is 16.4. The largest absolute Gasteiger partial charge is 0.465 e. The molecular formula is C22H26N2O4. The van der Waals surface area contributed by atoms with Crippen LogP contribution in [-0.4, -0.2) is 68.7 Å². The highest BCUT2D eigenvalue weighted by Crippen LogP contribution is 2.31. The second-order valence-electron chi connectivity index (χ2n) is 7.09. The van der Waals surface area contributed by atoms with Crippen molar-refractivity contribution in [1.29, 1.82) is 0 Å². The van der Waals surface area contributed by atoms with E-state index in [0.29, 0.717) is 30.8 Å². The Bertz CT molecular complexity index is 805. The van der Waals surface area contributed by atoms with Crippen molar-refractivity contribution in [3.05, 3.63) is 71.3 Å². The number of esters is 1. The van der Waals surface area contributed by atoms with Crippen LogP contribution in [0.15, 0.2) is 54.6 Å². The lowest BCUT2D eigenvalue weighted by molar-refractivity contribution is -0.0684. The Hall–Kier alpha value is -2.70. The predicted molar refractivity (Wildman–Crippen MR) is 106 cm³/mol. The zero-order valence-corrected chi connectivity index (χ0v) is 16.5. The van der Waals surface area contributed by atoms with Crippen LogP contribution in [0.4, 0.5) is 0 Å². The van der Waals surface area contributed by atoms with Gasteiger partial charge in [-0.2, -0.15) is 0 Å². The van der Waals surface area contributed by atoms with Gasteiger partial charge in [0, 0.05) is 18.7 Å². The summed E-state index contributed by atoms with van der Waals surface area (Å²) in [4.78, 5) is 28.9. The number of rotatable bonds is 5. The molecule has 2 aromatic rings. The number of carbonyl (C=O) groups excluding carboxylic acids is 2. The van der Waals surface area contributed by atoms with E-state index in [2.05, 4.69) is 4.90 Å². The van der Waals surface area contributed by atoms with Crippen LogP contribution >= 0.6 is 0 Å². The molecule has 1 heterocycles. The first-order valence-corrected chi connectivity index (χ1v) is 9.32. The van der Waals surface area contributed by atoms with Gasteiger partial charge in [0.15, 0.2) is 0 Å². The number of carbonyl (C=O) groups is 2. The molecule has 0 aromatic heterocycles. The normalized spacial score (nSPS) is 19.5. The molecular weight excluding hydrogens is 356 g/mol. The molecule has 0 N–H and O–H groups in total. The van der Waals surface area contributed by atoms with Gasteiger partial charge in [-0.15, -0.1) is 0 Å². The molecule has 2 aromatic carbocycles. The maximum absolute atomic E-state index is 13.3. The number of methoxy groups -OCH3 is 1. The lowest BCUT2D eigenvalue weighted by Gasteiger charge is -2.42. The molecule has 1 aliphatic heterocycles. The predicted octanol–water partition coefficient (Wildman–Crippen LogP) is 2.62. The van der Waals surface area contributed by atoms with Gasteiger partial charge >= 0.3 is 5.97 Å². The summed E-state index contributed by atoms with van der Waals surface area (Å²) in [6.07, 6.45) is -0.121. The van der Waals surface area contributed by atoms with Crippen LogP contribution in [0, 0.1) is 0 Å². The number of amides is 1. The van der Waals surface area contributed by atoms with Crippen molar-refractivity contribution in [2.75, 3.05) is 40.9 Å². The average molecular weight is 382 g/mol. The Balaban J connectivity index is 1.90. The summed E-state index contributed by atoms with van der Waals surface area (Å²) in [5, 5.41) is 0. The van der Waals surface area contributed by atoms with E-state index in [1.165, 1.54) is 7.11 Å². The van der Waals surface area contributed by atoms with Crippen molar-refractivity contribution in [3.63, 3.8) is 0 Å². The summed E-state index contributed by atoms with van der Waals surface area (Å²) in [5.41, 5.74) is 2.01. The number of hydrogen-bond acceptors (Lipinski definition) is 5. The van der Waals surface area contributed by atoms with E-state index in [9.17, 15) is 9.59 Å². The molecule has 1 saturated heterocycles. The zero-order valence-electron chi connectivity index (χ0n) is 16.5. The Kier molecular flexibility index (Phi) is 6.44. The van der Waals surface area contributed by atoms with Crippen molar-refractivity contribution in [1.82, 2.24) is 9.80 Å². The molecule has 1 amide bonds. The van der Waals surface area contributed by atoms with E-state index < -0.39 is 5.97 Å². The highest BCUT2D eigenvalue weighted by molar-refractivity contribution is 5.96. The van der Waals surface area contributed by atoms with Gasteiger partial charge in [-0.3, -0.25) is 4.79 Å². The number of nitrogens with zero attached hydrogens (tertiary/aromatic N) is 2. The maximum atomic E-state index is 13.3. The highest BCUT2D eigenvalue weighted by atomic mass is 16.5. The number of morpholine rings is 1. The van der Waals surface area contributed by atoms with E-state index in [4.69, 9.17) is 9.47 Å². The minimum absolute atomic E-state index is 0.0719. The molecule has 148 valence electrons. The monoisotopic (exact) mass is 382 g/mol. The maximum Gasteiger partial charge on any atom is 0.337 e. The molecule has 2 atom stereocenters. The standard InChI is InChI=1S/C22H26N2O4/c1-23(2)15-19-20(16-7-5-4-6-8-16)24(13-14-28-19)21(25)17-9-11-18(12-10-17)22(26)27-3/h4-12,19-20H,13-15H2,1-3H3/t19-,20-/m0/s1. The quantitative estimate of drug-likeness (QED) is 0.744. The minimum Gasteiger partial charge on any atom is -0.465 e. The van der Waals surface area contributed by atoms with Crippen molar-refractivity contribution in [3.8, 4) is 0 Å². The van der Waals surface area contributed by atoms with Crippen LogP contribution in [0.2, 0.25) is 0 Å². The Labute approximate surface area is 165 Å². The third-order valence-electron chi connectivity index (χ3n) is 4.85. The third kappa shape index (κ3) is 4.40. The molecule has 28 heavy (non-hydrogen) atoms. The van der Waals surface area contributed by atoms with Crippen molar-refractivity contribution in [2.45, 2.75) is 12.1 Å². The van der Waals surface area contributed by atoms with Crippen LogP contribution in [0.5, 0.6) is 0 Å². The van der Waals surface area contributed by atoms with Gasteiger partial charge in [0.05, 0.1) is 31.4 Å². The number of ether oxygens (including phenoxy) is 2. The van der Waals surface area contributed by atoms with Gasteiger partial charge in [-0.1, -0.05) is 30.3 Å². The number of benzene rings is 2. The zero-order chi connectivity index (χ0) is 20.1. The molecule has 0 unspecified atom stereocenters. The lowest BCUT2D eigenvalue weighted by Crippen LogP contribution is -2.51. The minimum atomic E-state index is -0.418. The summed E-state index contributed by atoms with van der Waals surface area (Å²) < 4.78 is 10.8. The molecule has 6 nitrogen and oxygen atoms in total. The van der Waals surface area contributed by atoms with Crippen LogP contribution in [0.1, 0.15) is 32.3 Å². The van der Waals surface area contributed by atoms with Gasteiger partial charge < -0.3 is 19.3 Å². The van der Waals surface area contributed by atoms with Crippen LogP contribution in [-0.2, 0) is 9.47 Å². The van der Waals surface area contributed by atoms with Crippen molar-refractivity contribution in [2.24, 2.45) is 0 Å². The molecule has 3 rings (SSSR count). The van der Waals surface area contributed by atoms with Gasteiger partial charge in [-0.05, 0) is 43.9 Å². The van der Waals surface area contributed by atoms with E-state index >= 15 is 0 Å². The van der Waals surface area contributed by atoms with Gasteiger partial charge in [0.25, 0.3) is 5.91 Å². The van der Waals surface area contributed by atoms with Crippen LogP contribution < -0.4 is 0 Å². The molecule has 0 bridgehead atoms. The molecule has 0 saturated carbocycles. The first kappa shape index (κ1) is 20.0. The smallest absolute Gasteiger partial charge is 0.337 e. The number of hydrogen-bond donors (Lipinski definition) is 0. The lowest BCUT2D eigenvalue weighted by atomic mass is 9.96. The van der Waals surface area contributed by atoms with Crippen molar-refractivity contribution >= 4 is 11.9 Å². The first-order chi connectivity index (χ1) is 13.5. The summed E-state index contributed by atoms with van der Waals surface area (Å²) in [7, 11) is 5.33. The average Bonchev–Trinajstić information content (AvgIpc) is 2.73. The second-order valence-corrected chi connectivity index (χ2v) is 7.09. The molecule has 0 spiro atoms. The molecule has 0 aliphatic carbocycles. The topological polar surface area (TPSA) is 59.1 Å². The fourth-order valence-corrected chi connectivity index (χ4v) is 3.55. The highest BCUT2D eigenvalue weighted by Gasteiger charge is 2.36. The van der Waals surface area contributed by atoms with E-state index in [1.54, 1.807) is 24.3 Å². The van der Waals surface area contributed by atoms with E-state index in [0.717, 1.165) is 5.56 Å². The van der Waals surface area contributed by atoms with Gasteiger partial charge in [0.1, 0.15) is 0 Å². The molecule has 6 heteroatoms.